The molecule has 552 valence electrons. The van der Waals surface area contributed by atoms with Gasteiger partial charge in [0.25, 0.3) is 0 Å². The molecular weight excluding hydrogens is 1350 g/mol. The first-order chi connectivity index (χ1) is 53.5. The number of rotatable bonds is 6. The van der Waals surface area contributed by atoms with Gasteiger partial charge in [-0.2, -0.15) is 0 Å². The van der Waals surface area contributed by atoms with E-state index in [1.807, 2.05) is 0 Å². The van der Waals surface area contributed by atoms with Gasteiger partial charge in [-0.1, -0.05) is 293 Å². The maximum Gasteiger partial charge on any atom is 0.333 e. The maximum absolute atomic E-state index is 2.85. The molecule has 0 radical (unpaired) electrons. The lowest BCUT2D eigenvalue weighted by Crippen LogP contribution is -2.56. The second kappa shape index (κ2) is 22.8. The first kappa shape index (κ1) is 68.5. The van der Waals surface area contributed by atoms with Crippen molar-refractivity contribution in [1.29, 1.82) is 0 Å². The minimum Gasteiger partial charge on any atom is -0.374 e. The third kappa shape index (κ3) is 9.50. The van der Waals surface area contributed by atoms with E-state index in [0.29, 0.717) is 0 Å². The van der Waals surface area contributed by atoms with Crippen LogP contribution in [0.2, 0.25) is 0 Å². The molecule has 2 aromatic heterocycles. The van der Waals surface area contributed by atoms with E-state index >= 15 is 0 Å². The zero-order valence-electron chi connectivity index (χ0n) is 68.5. The molecular formula is C106H102B2N4. The van der Waals surface area contributed by atoms with Gasteiger partial charge in [0.05, 0.1) is 11.0 Å². The first-order valence-corrected chi connectivity index (χ1v) is 42.0. The number of nitrogens with zero attached hydrogens (tertiary/aromatic N) is 4. The van der Waals surface area contributed by atoms with Crippen molar-refractivity contribution in [1.82, 2.24) is 8.96 Å². The van der Waals surface area contributed by atoms with Crippen molar-refractivity contribution in [2.24, 2.45) is 0 Å². The van der Waals surface area contributed by atoms with Crippen LogP contribution in [0.25, 0.3) is 99.6 Å². The minimum absolute atomic E-state index is 0.0617. The Labute approximate surface area is 664 Å². The Morgan fingerprint density at radius 3 is 0.821 bits per heavy atom. The van der Waals surface area contributed by atoms with Gasteiger partial charge in [-0.25, -0.2) is 0 Å². The van der Waals surface area contributed by atoms with Gasteiger partial charge in [0.1, 0.15) is 0 Å². The van der Waals surface area contributed by atoms with Gasteiger partial charge in [-0.05, 0) is 265 Å². The number of benzene rings is 12. The van der Waals surface area contributed by atoms with Crippen LogP contribution in [0.4, 0.5) is 34.1 Å². The summed E-state index contributed by atoms with van der Waals surface area (Å²) in [6.07, 6.45) is 9.44. The smallest absolute Gasteiger partial charge is 0.333 e. The summed E-state index contributed by atoms with van der Waals surface area (Å²) >= 11 is 0. The van der Waals surface area contributed by atoms with Crippen molar-refractivity contribution >= 4 is 103 Å². The lowest BCUT2D eigenvalue weighted by Gasteiger charge is -2.42. The Kier molecular flexibility index (Phi) is 13.9. The molecule has 12 aromatic carbocycles. The summed E-state index contributed by atoms with van der Waals surface area (Å²) in [6, 6.07) is 93.0. The van der Waals surface area contributed by atoms with Crippen LogP contribution in [0.3, 0.4) is 0 Å². The van der Waals surface area contributed by atoms with E-state index in [-0.39, 0.29) is 57.0 Å². The van der Waals surface area contributed by atoms with E-state index in [2.05, 4.69) is 360 Å². The van der Waals surface area contributed by atoms with Crippen LogP contribution in [0.15, 0.2) is 231 Å². The lowest BCUT2D eigenvalue weighted by atomic mass is 9.45. The average molecular weight is 1450 g/mol. The van der Waals surface area contributed by atoms with Crippen molar-refractivity contribution in [3.8, 4) is 66.8 Å². The van der Waals surface area contributed by atoms with Crippen LogP contribution >= 0.6 is 0 Å². The highest BCUT2D eigenvalue weighted by Gasteiger charge is 2.49. The molecule has 6 heterocycles. The van der Waals surface area contributed by atoms with E-state index in [9.17, 15) is 0 Å². The third-order valence-electron chi connectivity index (χ3n) is 30.1. The zero-order valence-corrected chi connectivity index (χ0v) is 68.5. The number of para-hydroxylation sites is 2. The third-order valence-corrected chi connectivity index (χ3v) is 30.1. The van der Waals surface area contributed by atoms with E-state index in [4.69, 9.17) is 0 Å². The molecule has 4 aliphatic heterocycles. The van der Waals surface area contributed by atoms with Gasteiger partial charge in [0.2, 0.25) is 0 Å². The quantitative estimate of drug-likeness (QED) is 0.154. The van der Waals surface area contributed by atoms with E-state index < -0.39 is 0 Å². The van der Waals surface area contributed by atoms with Crippen LogP contribution in [0, 0.1) is 0 Å². The fraction of sp³-hybridized carbons (Fsp3) is 0.302. The maximum atomic E-state index is 2.85. The van der Waals surface area contributed by atoms with Crippen LogP contribution in [-0.2, 0) is 43.3 Å². The SMILES string of the molecule is CC1(C)CCC(C)(C)c2cc(-c3cccc(N4c5cc(-c6ccc7c(c6)C(C)(C)CCC7(C)C)ccc5B5c6c(cccc64)-c4cccc6c4n5c4c5cccc7c5n(c64)B4c5ccc(-c6ccc8c(c6)C(C)(C)CCC8(C)C)cc5N(c5cccc(-c6ccc8c(c6)C(C)(C)CCC8(C)C)c5)c5cccc-7c54)c3)ccc21. The number of hydrogen-bond donors (Lipinski definition) is 0. The molecule has 4 aliphatic carbocycles. The van der Waals surface area contributed by atoms with Gasteiger partial charge in [-0.15, -0.1) is 0 Å². The Morgan fingerprint density at radius 2 is 0.491 bits per heavy atom. The summed E-state index contributed by atoms with van der Waals surface area (Å²) in [7, 11) is 0. The predicted molar refractivity (Wildman–Crippen MR) is 479 cm³/mol. The van der Waals surface area contributed by atoms with Gasteiger partial charge < -0.3 is 18.8 Å². The summed E-state index contributed by atoms with van der Waals surface area (Å²) in [5, 5.41) is 2.58. The average Bonchev–Trinajstić information content (AvgIpc) is 1.48. The molecule has 0 atom stereocenters. The molecule has 0 spiro atoms. The predicted octanol–water partition coefficient (Wildman–Crippen LogP) is 25.6. The van der Waals surface area contributed by atoms with Gasteiger partial charge in [-0.3, -0.25) is 0 Å². The van der Waals surface area contributed by atoms with E-state index in [1.165, 1.54) is 251 Å². The Morgan fingerprint density at radius 1 is 0.223 bits per heavy atom. The Hall–Kier alpha value is -10.3. The normalized spacial score (nSPS) is 19.1. The van der Waals surface area contributed by atoms with Crippen LogP contribution < -0.4 is 31.7 Å². The summed E-state index contributed by atoms with van der Waals surface area (Å²) in [6.45, 7) is 38.9. The molecule has 14 aromatic rings. The topological polar surface area (TPSA) is 16.3 Å². The lowest BCUT2D eigenvalue weighted by molar-refractivity contribution is 0.332. The largest absolute Gasteiger partial charge is 0.374 e. The van der Waals surface area contributed by atoms with E-state index in [0.717, 1.165) is 0 Å². The molecule has 0 fully saturated rings. The summed E-state index contributed by atoms with van der Waals surface area (Å²) < 4.78 is 5.70. The van der Waals surface area contributed by atoms with Crippen molar-refractivity contribution in [3.63, 3.8) is 0 Å². The van der Waals surface area contributed by atoms with Crippen molar-refractivity contribution in [3.05, 3.63) is 275 Å². The molecule has 0 unspecified atom stereocenters. The standard InChI is InChI=1S/C106H102B2N4/c1-99(2)47-51-103(9,10)83-57-65(35-41-79(83)99)63-23-17-25-71(55-63)109-89-33-21-27-73-75-29-19-31-77-95(75)111(107(93(73)89)87-45-39-69(61-91(87)109)67-37-43-81-85(59-67)105(13,14)53-49-101(81,5)6)97-78-32-20-30-76-74-28-22-34-90-94(74)108(112(96(76)78)98(77)97)88-46-40-70(68-38-44-82-86(60-68)106(15,16)54-50-102(82,7)8)62-92(88)110(90)72-26-18-24-64(56-72)66-36-42-80-84(58-66)104(11,12)52-48-100(80,3)4/h17-46,55-62H,47-54H2,1-16H3. The second-order valence-corrected chi connectivity index (χ2v) is 40.6. The van der Waals surface area contributed by atoms with Crippen LogP contribution in [0.5, 0.6) is 0 Å². The van der Waals surface area contributed by atoms with Crippen LogP contribution in [0.1, 0.15) is 207 Å². The summed E-state index contributed by atoms with van der Waals surface area (Å²) in [5.41, 5.74) is 45.7. The minimum atomic E-state index is -0.163. The van der Waals surface area contributed by atoms with Crippen molar-refractivity contribution in [2.75, 3.05) is 9.80 Å². The molecule has 112 heavy (non-hydrogen) atoms. The Bertz CT molecular complexity index is 6120. The fourth-order valence-electron chi connectivity index (χ4n) is 23.1. The van der Waals surface area contributed by atoms with E-state index in [1.54, 1.807) is 0 Å². The summed E-state index contributed by atoms with van der Waals surface area (Å²) in [4.78, 5) is 5.31. The van der Waals surface area contributed by atoms with Gasteiger partial charge >= 0.3 is 13.7 Å². The molecule has 0 amide bonds. The molecule has 6 heteroatoms. The molecule has 0 saturated heterocycles. The molecule has 4 nitrogen and oxygen atoms in total. The molecule has 8 aliphatic rings. The fourth-order valence-corrected chi connectivity index (χ4v) is 23.1. The molecule has 0 N–H and O–H groups in total. The Balaban J connectivity index is 0.771. The molecule has 22 rings (SSSR count). The van der Waals surface area contributed by atoms with Gasteiger partial charge in [0.15, 0.2) is 0 Å². The molecule has 0 bridgehead atoms. The summed E-state index contributed by atoms with van der Waals surface area (Å²) in [5.74, 6) is 0. The first-order valence-electron chi connectivity index (χ1n) is 42.0. The highest BCUT2D eigenvalue weighted by Crippen LogP contribution is 2.56. The second-order valence-electron chi connectivity index (χ2n) is 40.6. The highest BCUT2D eigenvalue weighted by atomic mass is 15.2. The van der Waals surface area contributed by atoms with Crippen molar-refractivity contribution in [2.45, 2.75) is 205 Å². The van der Waals surface area contributed by atoms with Crippen LogP contribution in [-0.4, -0.2) is 22.7 Å². The number of hydrogen-bond acceptors (Lipinski definition) is 2. The number of fused-ring (bicyclic) bond motifs is 17. The molecule has 0 saturated carbocycles. The number of anilines is 6. The van der Waals surface area contributed by atoms with Crippen molar-refractivity contribution < 1.29 is 0 Å². The zero-order chi connectivity index (χ0) is 76.8. The number of aromatic nitrogens is 2. The van der Waals surface area contributed by atoms with Gasteiger partial charge in [0, 0.05) is 67.1 Å². The highest BCUT2D eigenvalue weighted by molar-refractivity contribution is 6.92. The monoisotopic (exact) mass is 1450 g/mol.